The Bertz CT molecular complexity index is 509. The highest BCUT2D eigenvalue weighted by Gasteiger charge is 2.24. The van der Waals surface area contributed by atoms with Crippen LogP contribution in [-0.2, 0) is 6.42 Å². The van der Waals surface area contributed by atoms with E-state index in [1.54, 1.807) is 6.20 Å². The molecule has 1 heterocycles. The molecule has 2 rings (SSSR count). The van der Waals surface area contributed by atoms with Crippen LogP contribution in [0, 0.1) is 11.9 Å². The number of hydrogen-bond donors (Lipinski definition) is 0. The van der Waals surface area contributed by atoms with Crippen LogP contribution in [0.5, 0.6) is 0 Å². The van der Waals surface area contributed by atoms with E-state index in [-0.39, 0.29) is 5.95 Å². The third-order valence-corrected chi connectivity index (χ3v) is 6.31. The van der Waals surface area contributed by atoms with Gasteiger partial charge in [0.25, 0.3) is 0 Å². The first-order valence-corrected chi connectivity index (χ1v) is 11.8. The van der Waals surface area contributed by atoms with Gasteiger partial charge in [0.1, 0.15) is 5.82 Å². The molecule has 0 unspecified atom stereocenters. The van der Waals surface area contributed by atoms with Crippen molar-refractivity contribution in [2.24, 2.45) is 5.92 Å². The third-order valence-electron chi connectivity index (χ3n) is 6.31. The molecule has 1 aromatic heterocycles. The maximum Gasteiger partial charge on any atom is 0.219 e. The van der Waals surface area contributed by atoms with Crippen LogP contribution in [0.3, 0.4) is 0 Å². The van der Waals surface area contributed by atoms with Gasteiger partial charge in [-0.15, -0.1) is 0 Å². The zero-order valence-corrected chi connectivity index (χ0v) is 17.8. The number of rotatable bonds is 13. The molecular weight excluding hydrogens is 335 g/mol. The van der Waals surface area contributed by atoms with Crippen LogP contribution in [0.25, 0.3) is 0 Å². The number of aryl methyl sites for hydroxylation is 1. The SMILES string of the molecule is CCCCCCCCCc1cnc(C2CCC(CCCCC)CC2)nc1F. The van der Waals surface area contributed by atoms with Crippen molar-refractivity contribution in [2.45, 2.75) is 122 Å². The van der Waals surface area contributed by atoms with Crippen LogP contribution >= 0.6 is 0 Å². The van der Waals surface area contributed by atoms with E-state index in [9.17, 15) is 4.39 Å². The Balaban J connectivity index is 1.70. The van der Waals surface area contributed by atoms with Crippen LogP contribution in [0.15, 0.2) is 6.20 Å². The van der Waals surface area contributed by atoms with Gasteiger partial charge in [-0.05, 0) is 44.4 Å². The molecular formula is C24H41FN2. The van der Waals surface area contributed by atoms with Gasteiger partial charge in [-0.2, -0.15) is 4.39 Å². The van der Waals surface area contributed by atoms with E-state index in [4.69, 9.17) is 0 Å². The van der Waals surface area contributed by atoms with Gasteiger partial charge in [-0.3, -0.25) is 0 Å². The zero-order valence-electron chi connectivity index (χ0n) is 17.8. The van der Waals surface area contributed by atoms with Gasteiger partial charge < -0.3 is 0 Å². The Morgan fingerprint density at radius 2 is 1.48 bits per heavy atom. The van der Waals surface area contributed by atoms with Crippen LogP contribution < -0.4 is 0 Å². The van der Waals surface area contributed by atoms with E-state index in [0.29, 0.717) is 11.5 Å². The maximum atomic E-state index is 14.4. The fourth-order valence-corrected chi connectivity index (χ4v) is 4.43. The average molecular weight is 377 g/mol. The quantitative estimate of drug-likeness (QED) is 0.259. The van der Waals surface area contributed by atoms with Crippen LogP contribution in [0.2, 0.25) is 0 Å². The Labute approximate surface area is 166 Å². The number of halogens is 1. The molecule has 0 aliphatic heterocycles. The second-order valence-corrected chi connectivity index (χ2v) is 8.63. The molecule has 0 amide bonds. The van der Waals surface area contributed by atoms with Crippen molar-refractivity contribution in [3.05, 3.63) is 23.5 Å². The van der Waals surface area contributed by atoms with Gasteiger partial charge in [-0.1, -0.05) is 78.1 Å². The molecule has 1 aliphatic rings. The summed E-state index contributed by atoms with van der Waals surface area (Å²) in [7, 11) is 0. The fraction of sp³-hybridized carbons (Fsp3) is 0.833. The van der Waals surface area contributed by atoms with Crippen molar-refractivity contribution in [3.63, 3.8) is 0 Å². The number of nitrogens with zero attached hydrogens (tertiary/aromatic N) is 2. The second-order valence-electron chi connectivity index (χ2n) is 8.63. The lowest BCUT2D eigenvalue weighted by atomic mass is 9.79. The summed E-state index contributed by atoms with van der Waals surface area (Å²) >= 11 is 0. The summed E-state index contributed by atoms with van der Waals surface area (Å²) in [5, 5.41) is 0. The predicted molar refractivity (Wildman–Crippen MR) is 113 cm³/mol. The van der Waals surface area contributed by atoms with Crippen molar-refractivity contribution in [1.82, 2.24) is 9.97 Å². The summed E-state index contributed by atoms with van der Waals surface area (Å²) in [6.45, 7) is 4.51. The Morgan fingerprint density at radius 1 is 0.852 bits per heavy atom. The summed E-state index contributed by atoms with van der Waals surface area (Å²) in [4.78, 5) is 8.81. The molecule has 1 aliphatic carbocycles. The average Bonchev–Trinajstić information content (AvgIpc) is 2.69. The summed E-state index contributed by atoms with van der Waals surface area (Å²) in [5.74, 6) is 1.72. The highest BCUT2D eigenvalue weighted by atomic mass is 19.1. The maximum absolute atomic E-state index is 14.4. The van der Waals surface area contributed by atoms with E-state index in [0.717, 1.165) is 37.4 Å². The molecule has 1 fully saturated rings. The van der Waals surface area contributed by atoms with Gasteiger partial charge in [0.15, 0.2) is 0 Å². The first kappa shape index (κ1) is 22.3. The van der Waals surface area contributed by atoms with Gasteiger partial charge in [0, 0.05) is 17.7 Å². The number of hydrogen-bond acceptors (Lipinski definition) is 2. The Morgan fingerprint density at radius 3 is 2.15 bits per heavy atom. The van der Waals surface area contributed by atoms with E-state index >= 15 is 0 Å². The van der Waals surface area contributed by atoms with Gasteiger partial charge in [0.05, 0.1) is 0 Å². The summed E-state index contributed by atoms with van der Waals surface area (Å²) in [6.07, 6.45) is 21.5. The zero-order chi connectivity index (χ0) is 19.3. The highest BCUT2D eigenvalue weighted by molar-refractivity contribution is 5.10. The Kier molecular flexibility index (Phi) is 10.9. The molecule has 0 radical (unpaired) electrons. The summed E-state index contributed by atoms with van der Waals surface area (Å²) in [6, 6.07) is 0. The van der Waals surface area contributed by atoms with E-state index in [2.05, 4.69) is 23.8 Å². The predicted octanol–water partition coefficient (Wildman–Crippen LogP) is 7.76. The Hall–Kier alpha value is -0.990. The van der Waals surface area contributed by atoms with Crippen molar-refractivity contribution >= 4 is 0 Å². The topological polar surface area (TPSA) is 25.8 Å². The minimum atomic E-state index is -0.268. The van der Waals surface area contributed by atoms with Crippen molar-refractivity contribution in [1.29, 1.82) is 0 Å². The lowest BCUT2D eigenvalue weighted by Crippen LogP contribution is -2.16. The molecule has 3 heteroatoms. The lowest BCUT2D eigenvalue weighted by Gasteiger charge is -2.27. The first-order valence-electron chi connectivity index (χ1n) is 11.8. The van der Waals surface area contributed by atoms with Gasteiger partial charge in [-0.25, -0.2) is 9.97 Å². The second kappa shape index (κ2) is 13.2. The molecule has 1 aromatic rings. The molecule has 27 heavy (non-hydrogen) atoms. The molecule has 0 saturated heterocycles. The standard InChI is InChI=1S/C24H41FN2/c1-3-5-7-8-9-10-12-14-22-19-26-24(27-23(22)25)21-17-15-20(16-18-21)13-11-6-4-2/h19-21H,3-18H2,1-2H3. The van der Waals surface area contributed by atoms with E-state index < -0.39 is 0 Å². The largest absolute Gasteiger partial charge is 0.241 e. The normalized spacial score (nSPS) is 20.1. The van der Waals surface area contributed by atoms with Crippen molar-refractivity contribution in [2.75, 3.05) is 0 Å². The van der Waals surface area contributed by atoms with Crippen LogP contribution in [0.1, 0.15) is 127 Å². The highest BCUT2D eigenvalue weighted by Crippen LogP contribution is 2.36. The van der Waals surface area contributed by atoms with Gasteiger partial charge in [0.2, 0.25) is 5.95 Å². The molecule has 0 atom stereocenters. The molecule has 2 nitrogen and oxygen atoms in total. The summed E-state index contributed by atoms with van der Waals surface area (Å²) in [5.41, 5.74) is 0.709. The number of aromatic nitrogens is 2. The molecule has 154 valence electrons. The van der Waals surface area contributed by atoms with E-state index in [1.807, 2.05) is 0 Å². The molecule has 0 aromatic carbocycles. The molecule has 0 spiro atoms. The van der Waals surface area contributed by atoms with Crippen LogP contribution in [0.4, 0.5) is 4.39 Å². The van der Waals surface area contributed by atoms with Crippen LogP contribution in [-0.4, -0.2) is 9.97 Å². The lowest BCUT2D eigenvalue weighted by molar-refractivity contribution is 0.295. The third kappa shape index (κ3) is 8.27. The number of unbranched alkanes of at least 4 members (excludes halogenated alkanes) is 8. The molecule has 1 saturated carbocycles. The minimum Gasteiger partial charge on any atom is -0.241 e. The van der Waals surface area contributed by atoms with Crippen molar-refractivity contribution in [3.8, 4) is 0 Å². The van der Waals surface area contributed by atoms with Gasteiger partial charge >= 0.3 is 0 Å². The van der Waals surface area contributed by atoms with Crippen molar-refractivity contribution < 1.29 is 4.39 Å². The monoisotopic (exact) mass is 376 g/mol. The summed E-state index contributed by atoms with van der Waals surface area (Å²) < 4.78 is 14.4. The molecule has 0 bridgehead atoms. The minimum absolute atomic E-state index is 0.268. The first-order chi connectivity index (χ1) is 13.2. The molecule has 0 N–H and O–H groups in total. The fourth-order valence-electron chi connectivity index (χ4n) is 4.43. The van der Waals surface area contributed by atoms with E-state index in [1.165, 1.54) is 77.0 Å². The smallest absolute Gasteiger partial charge is 0.219 e.